The van der Waals surface area contributed by atoms with Crippen molar-refractivity contribution >= 4 is 0 Å². The van der Waals surface area contributed by atoms with Crippen LogP contribution in [0.25, 0.3) is 0 Å². The number of aliphatic hydroxyl groups is 7. The Morgan fingerprint density at radius 2 is 1.31 bits per heavy atom. The van der Waals surface area contributed by atoms with Crippen LogP contribution in [-0.2, 0) is 18.9 Å². The lowest BCUT2D eigenvalue weighted by Crippen LogP contribution is -2.64. The Morgan fingerprint density at radius 1 is 0.731 bits per heavy atom. The van der Waals surface area contributed by atoms with Gasteiger partial charge in [-0.1, -0.05) is 0 Å². The summed E-state index contributed by atoms with van der Waals surface area (Å²) in [6.07, 6.45) is -14.7. The smallest absolute Gasteiger partial charge is 0.187 e. The monoisotopic (exact) mass is 385 g/mol. The molecule has 0 unspecified atom stereocenters. The summed E-state index contributed by atoms with van der Waals surface area (Å²) in [4.78, 5) is 0. The van der Waals surface area contributed by atoms with Crippen LogP contribution in [0.15, 0.2) is 0 Å². The van der Waals surface area contributed by atoms with Gasteiger partial charge in [-0.05, 0) is 0 Å². The SMILES string of the molecule is NCCO[C@@H]1O[C@H](CO)[C@H](O)[C@H](O[C@H]2O[C@H](CO)[C@H](O)[C@H](O)[C@H]2O)[C@H]1O. The molecule has 0 aromatic carbocycles. The van der Waals surface area contributed by atoms with E-state index in [0.717, 1.165) is 0 Å². The summed E-state index contributed by atoms with van der Waals surface area (Å²) in [5.74, 6) is 0. The fourth-order valence-electron chi connectivity index (χ4n) is 2.87. The summed E-state index contributed by atoms with van der Waals surface area (Å²) >= 11 is 0. The van der Waals surface area contributed by atoms with Crippen molar-refractivity contribution in [1.82, 2.24) is 0 Å². The zero-order chi connectivity index (χ0) is 19.4. The maximum Gasteiger partial charge on any atom is 0.187 e. The Hall–Kier alpha value is -0.480. The molecule has 12 heteroatoms. The predicted octanol–water partition coefficient (Wildman–Crippen LogP) is -5.41. The summed E-state index contributed by atoms with van der Waals surface area (Å²) in [6, 6.07) is 0. The number of rotatable bonds is 7. The normalized spacial score (nSPS) is 47.1. The second-order valence-electron chi connectivity index (χ2n) is 6.16. The van der Waals surface area contributed by atoms with Crippen LogP contribution in [0, 0.1) is 0 Å². The highest BCUT2D eigenvalue weighted by molar-refractivity contribution is 4.94. The van der Waals surface area contributed by atoms with Crippen LogP contribution in [0.4, 0.5) is 0 Å². The van der Waals surface area contributed by atoms with Crippen LogP contribution in [-0.4, -0.2) is 124 Å². The molecule has 2 fully saturated rings. The van der Waals surface area contributed by atoms with Gasteiger partial charge in [0.15, 0.2) is 12.6 Å². The standard InChI is InChI=1S/C14H27NO11/c15-1-2-23-13-11(22)12(8(19)6(4-17)24-13)26-14-10(21)9(20)7(18)5(3-16)25-14/h5-14,16-22H,1-4,15H2/t5-,6-,7+,8+,9+,10-,11-,12+,13-,14-/m1/s1. The van der Waals surface area contributed by atoms with Gasteiger partial charge in [-0.25, -0.2) is 0 Å². The van der Waals surface area contributed by atoms with Crippen molar-refractivity contribution in [3.63, 3.8) is 0 Å². The van der Waals surface area contributed by atoms with Crippen LogP contribution >= 0.6 is 0 Å². The number of aliphatic hydroxyl groups excluding tert-OH is 7. The van der Waals surface area contributed by atoms with Gasteiger partial charge in [0.05, 0.1) is 19.8 Å². The highest BCUT2D eigenvalue weighted by atomic mass is 16.7. The van der Waals surface area contributed by atoms with E-state index in [9.17, 15) is 35.7 Å². The summed E-state index contributed by atoms with van der Waals surface area (Å²) < 4.78 is 21.1. The fraction of sp³-hybridized carbons (Fsp3) is 1.00. The van der Waals surface area contributed by atoms with Gasteiger partial charge in [-0.15, -0.1) is 0 Å². The number of nitrogens with two attached hydrogens (primary N) is 1. The van der Waals surface area contributed by atoms with E-state index in [4.69, 9.17) is 24.7 Å². The molecule has 2 saturated heterocycles. The summed E-state index contributed by atoms with van der Waals surface area (Å²) in [5, 5.41) is 68.7. The fourth-order valence-corrected chi connectivity index (χ4v) is 2.87. The molecule has 0 aliphatic carbocycles. The van der Waals surface area contributed by atoms with Gasteiger partial charge >= 0.3 is 0 Å². The van der Waals surface area contributed by atoms with Crippen molar-refractivity contribution in [2.24, 2.45) is 5.73 Å². The van der Waals surface area contributed by atoms with Gasteiger partial charge in [-0.3, -0.25) is 0 Å². The first kappa shape index (κ1) is 21.8. The van der Waals surface area contributed by atoms with Gasteiger partial charge < -0.3 is 60.4 Å². The Kier molecular flexibility index (Phi) is 8.08. The second-order valence-corrected chi connectivity index (χ2v) is 6.16. The molecule has 10 atom stereocenters. The van der Waals surface area contributed by atoms with Crippen molar-refractivity contribution < 1.29 is 54.7 Å². The average Bonchev–Trinajstić information content (AvgIpc) is 2.64. The summed E-state index contributed by atoms with van der Waals surface area (Å²) in [5.41, 5.74) is 5.33. The summed E-state index contributed by atoms with van der Waals surface area (Å²) in [6.45, 7) is -1.10. The third-order valence-electron chi connectivity index (χ3n) is 4.36. The highest BCUT2D eigenvalue weighted by Crippen LogP contribution is 2.29. The Balaban J connectivity index is 2.13. The highest BCUT2D eigenvalue weighted by Gasteiger charge is 2.50. The number of ether oxygens (including phenoxy) is 4. The number of hydrogen-bond acceptors (Lipinski definition) is 12. The van der Waals surface area contributed by atoms with Crippen molar-refractivity contribution in [2.45, 2.75) is 61.4 Å². The minimum absolute atomic E-state index is 0.0305. The molecule has 0 saturated carbocycles. The lowest BCUT2D eigenvalue weighted by Gasteiger charge is -2.45. The molecule has 2 aliphatic heterocycles. The van der Waals surface area contributed by atoms with Crippen LogP contribution in [0.5, 0.6) is 0 Å². The quantitative estimate of drug-likeness (QED) is 0.207. The van der Waals surface area contributed by atoms with Gasteiger partial charge in [0, 0.05) is 6.54 Å². The van der Waals surface area contributed by atoms with Crippen molar-refractivity contribution in [2.75, 3.05) is 26.4 Å². The molecule has 2 heterocycles. The molecular weight excluding hydrogens is 358 g/mol. The van der Waals surface area contributed by atoms with Gasteiger partial charge in [0.1, 0.15) is 48.8 Å². The maximum absolute atomic E-state index is 10.3. The maximum atomic E-state index is 10.3. The third kappa shape index (κ3) is 4.49. The molecule has 0 aromatic rings. The van der Waals surface area contributed by atoms with Gasteiger partial charge in [0.25, 0.3) is 0 Å². The molecule has 12 nitrogen and oxygen atoms in total. The Labute approximate surface area is 149 Å². The molecule has 0 radical (unpaired) electrons. The number of hydrogen-bond donors (Lipinski definition) is 8. The van der Waals surface area contributed by atoms with Crippen molar-refractivity contribution in [3.05, 3.63) is 0 Å². The van der Waals surface area contributed by atoms with Crippen molar-refractivity contribution in [3.8, 4) is 0 Å². The van der Waals surface area contributed by atoms with E-state index in [1.807, 2.05) is 0 Å². The zero-order valence-corrected chi connectivity index (χ0v) is 13.9. The van der Waals surface area contributed by atoms with E-state index in [1.165, 1.54) is 0 Å². The van der Waals surface area contributed by atoms with Crippen LogP contribution in [0.1, 0.15) is 0 Å². The Bertz CT molecular complexity index is 428. The lowest BCUT2D eigenvalue weighted by atomic mass is 9.97. The van der Waals surface area contributed by atoms with Crippen LogP contribution < -0.4 is 5.73 Å². The third-order valence-corrected chi connectivity index (χ3v) is 4.36. The average molecular weight is 385 g/mol. The van der Waals surface area contributed by atoms with E-state index < -0.39 is 74.6 Å². The molecular formula is C14H27NO11. The topological polar surface area (TPSA) is 205 Å². The molecule has 0 amide bonds. The van der Waals surface area contributed by atoms with E-state index >= 15 is 0 Å². The molecule has 0 aromatic heterocycles. The summed E-state index contributed by atoms with van der Waals surface area (Å²) in [7, 11) is 0. The minimum Gasteiger partial charge on any atom is -0.394 e. The first-order valence-corrected chi connectivity index (χ1v) is 8.25. The molecule has 2 aliphatic rings. The lowest BCUT2D eigenvalue weighted by molar-refractivity contribution is -0.359. The van der Waals surface area contributed by atoms with E-state index in [2.05, 4.69) is 0 Å². The van der Waals surface area contributed by atoms with E-state index in [0.29, 0.717) is 0 Å². The van der Waals surface area contributed by atoms with Crippen LogP contribution in [0.3, 0.4) is 0 Å². The Morgan fingerprint density at radius 3 is 1.88 bits per heavy atom. The molecule has 26 heavy (non-hydrogen) atoms. The van der Waals surface area contributed by atoms with E-state index in [-0.39, 0.29) is 13.2 Å². The molecule has 154 valence electrons. The molecule has 0 spiro atoms. The molecule has 2 rings (SSSR count). The largest absolute Gasteiger partial charge is 0.394 e. The van der Waals surface area contributed by atoms with Gasteiger partial charge in [0.2, 0.25) is 0 Å². The first-order valence-electron chi connectivity index (χ1n) is 8.25. The van der Waals surface area contributed by atoms with E-state index in [1.54, 1.807) is 0 Å². The zero-order valence-electron chi connectivity index (χ0n) is 13.9. The van der Waals surface area contributed by atoms with Gasteiger partial charge in [-0.2, -0.15) is 0 Å². The second kappa shape index (κ2) is 9.64. The minimum atomic E-state index is -1.72. The predicted molar refractivity (Wildman–Crippen MR) is 81.4 cm³/mol. The first-order chi connectivity index (χ1) is 12.3. The molecule has 0 bridgehead atoms. The van der Waals surface area contributed by atoms with Crippen LogP contribution in [0.2, 0.25) is 0 Å². The molecule has 9 N–H and O–H groups in total. The van der Waals surface area contributed by atoms with Crippen molar-refractivity contribution in [1.29, 1.82) is 0 Å².